The summed E-state index contributed by atoms with van der Waals surface area (Å²) in [5, 5.41) is 20.9. The minimum atomic E-state index is -4.42. The summed E-state index contributed by atoms with van der Waals surface area (Å²) in [6, 6.07) is 4.87. The fourth-order valence-corrected chi connectivity index (χ4v) is 5.59. The van der Waals surface area contributed by atoms with Gasteiger partial charge in [-0.3, -0.25) is 14.3 Å². The number of aryl methyl sites for hydroxylation is 2. The molecule has 2 fully saturated rings. The van der Waals surface area contributed by atoms with Crippen LogP contribution in [0.3, 0.4) is 0 Å². The Labute approximate surface area is 211 Å². The van der Waals surface area contributed by atoms with Gasteiger partial charge in [0.05, 0.1) is 29.0 Å². The Bertz CT molecular complexity index is 1270. The van der Waals surface area contributed by atoms with Crippen LogP contribution in [0.2, 0.25) is 0 Å². The molecule has 1 aromatic heterocycles. The van der Waals surface area contributed by atoms with Crippen molar-refractivity contribution in [3.8, 4) is 5.75 Å². The van der Waals surface area contributed by atoms with Gasteiger partial charge in [-0.2, -0.15) is 18.3 Å². The maximum atomic E-state index is 13.5. The van der Waals surface area contributed by atoms with Crippen molar-refractivity contribution in [2.45, 2.75) is 81.8 Å². The summed E-state index contributed by atoms with van der Waals surface area (Å²) in [7, 11) is 0. The number of amides is 2. The maximum absolute atomic E-state index is 13.5. The number of alkyl halides is 3. The van der Waals surface area contributed by atoms with Crippen molar-refractivity contribution in [1.29, 1.82) is 0 Å². The Balaban J connectivity index is 1.26. The molecule has 1 spiro atoms. The van der Waals surface area contributed by atoms with Crippen LogP contribution in [-0.4, -0.2) is 45.1 Å². The second-order valence-corrected chi connectivity index (χ2v) is 10.9. The third kappa shape index (κ3) is 4.69. The largest absolute Gasteiger partial charge is 0.484 e. The fourth-order valence-electron chi connectivity index (χ4n) is 5.59. The van der Waals surface area contributed by atoms with Crippen LogP contribution in [-0.2, 0) is 36.3 Å². The molecule has 1 atom stereocenters. The number of hydrogen-bond acceptors (Lipinski definition) is 5. The van der Waals surface area contributed by atoms with Crippen molar-refractivity contribution in [2.24, 2.45) is 5.92 Å². The van der Waals surface area contributed by atoms with Gasteiger partial charge in [0.2, 0.25) is 0 Å². The molecule has 2 heterocycles. The number of aromatic nitrogens is 2. The standard InChI is InChI=1S/C26H29F3N4O4/c27-26(28,29)14-37-17-3-4-18-16(11-17)5-7-24(18)12-19-21(22(34)31-24)20(13-30-23(35)25(36)8-9-25)33(32-19)10-6-15-1-2-15/h3-4,11,15,36H,1-2,5-10,12-14H2,(H,30,35)(H,31,34)/t24-/m0/s1. The quantitative estimate of drug-likeness (QED) is 0.499. The summed E-state index contributed by atoms with van der Waals surface area (Å²) in [5.74, 6) is 0.0952. The van der Waals surface area contributed by atoms with E-state index in [-0.39, 0.29) is 18.2 Å². The van der Waals surface area contributed by atoms with Gasteiger partial charge in [-0.15, -0.1) is 0 Å². The van der Waals surface area contributed by atoms with E-state index in [1.54, 1.807) is 12.1 Å². The molecule has 0 radical (unpaired) electrons. The van der Waals surface area contributed by atoms with Crippen LogP contribution in [0.4, 0.5) is 13.2 Å². The predicted molar refractivity (Wildman–Crippen MR) is 125 cm³/mol. The highest BCUT2D eigenvalue weighted by molar-refractivity contribution is 5.98. The molecule has 2 aromatic rings. The van der Waals surface area contributed by atoms with Crippen LogP contribution in [0, 0.1) is 5.92 Å². The van der Waals surface area contributed by atoms with E-state index in [0.717, 1.165) is 17.5 Å². The number of nitrogens with zero attached hydrogens (tertiary/aromatic N) is 2. The second kappa shape index (κ2) is 8.47. The molecular weight excluding hydrogens is 489 g/mol. The number of halogens is 3. The first-order valence-corrected chi connectivity index (χ1v) is 12.8. The summed E-state index contributed by atoms with van der Waals surface area (Å²) in [5.41, 5.74) is 1.46. The first-order valence-electron chi connectivity index (χ1n) is 12.8. The number of nitrogens with one attached hydrogen (secondary N) is 2. The van der Waals surface area contributed by atoms with E-state index >= 15 is 0 Å². The molecule has 0 unspecified atom stereocenters. The maximum Gasteiger partial charge on any atom is 0.422 e. The smallest absolute Gasteiger partial charge is 0.422 e. The summed E-state index contributed by atoms with van der Waals surface area (Å²) in [4.78, 5) is 25.9. The highest BCUT2D eigenvalue weighted by Crippen LogP contribution is 2.44. The van der Waals surface area contributed by atoms with Gasteiger partial charge in [-0.25, -0.2) is 0 Å². The number of aliphatic hydroxyl groups is 1. The van der Waals surface area contributed by atoms with Crippen molar-refractivity contribution in [2.75, 3.05) is 6.61 Å². The molecule has 1 aromatic carbocycles. The Morgan fingerprint density at radius 2 is 2.05 bits per heavy atom. The predicted octanol–water partition coefficient (Wildman–Crippen LogP) is 2.89. The number of hydrogen-bond donors (Lipinski definition) is 3. The lowest BCUT2D eigenvalue weighted by Gasteiger charge is -2.35. The van der Waals surface area contributed by atoms with Gasteiger partial charge in [0, 0.05) is 13.0 Å². The topological polar surface area (TPSA) is 105 Å². The van der Waals surface area contributed by atoms with Crippen molar-refractivity contribution in [1.82, 2.24) is 20.4 Å². The molecule has 3 aliphatic carbocycles. The molecule has 11 heteroatoms. The van der Waals surface area contributed by atoms with Crippen molar-refractivity contribution >= 4 is 11.8 Å². The summed E-state index contributed by atoms with van der Waals surface area (Å²) in [6.45, 7) is -0.610. The lowest BCUT2D eigenvalue weighted by molar-refractivity contribution is -0.153. The Hall–Kier alpha value is -3.08. The monoisotopic (exact) mass is 518 g/mol. The average molecular weight is 519 g/mol. The van der Waals surface area contributed by atoms with E-state index in [0.29, 0.717) is 61.5 Å². The minimum absolute atomic E-state index is 0.102. The van der Waals surface area contributed by atoms with Gasteiger partial charge >= 0.3 is 6.18 Å². The summed E-state index contributed by atoms with van der Waals surface area (Å²) < 4.78 is 44.4. The number of carbonyl (C=O) groups excluding carboxylic acids is 2. The lowest BCUT2D eigenvalue weighted by Crippen LogP contribution is -2.50. The first kappa shape index (κ1) is 24.3. The molecule has 4 aliphatic rings. The van der Waals surface area contributed by atoms with Gasteiger partial charge in [0.25, 0.3) is 11.8 Å². The van der Waals surface area contributed by atoms with Crippen molar-refractivity contribution in [3.05, 3.63) is 46.3 Å². The molecule has 8 nitrogen and oxygen atoms in total. The van der Waals surface area contributed by atoms with Crippen molar-refractivity contribution < 1.29 is 32.6 Å². The molecule has 2 saturated carbocycles. The zero-order valence-corrected chi connectivity index (χ0v) is 20.3. The molecule has 198 valence electrons. The fraction of sp³-hybridized carbons (Fsp3) is 0.577. The normalized spacial score (nSPS) is 23.4. The van der Waals surface area contributed by atoms with Crippen LogP contribution in [0.15, 0.2) is 18.2 Å². The van der Waals surface area contributed by atoms with Crippen LogP contribution >= 0.6 is 0 Å². The van der Waals surface area contributed by atoms with Crippen LogP contribution in [0.5, 0.6) is 5.75 Å². The summed E-state index contributed by atoms with van der Waals surface area (Å²) >= 11 is 0. The summed E-state index contributed by atoms with van der Waals surface area (Å²) in [6.07, 6.45) is 1.42. The van der Waals surface area contributed by atoms with E-state index < -0.39 is 29.8 Å². The van der Waals surface area contributed by atoms with Crippen LogP contribution in [0.1, 0.15) is 71.4 Å². The third-order valence-electron chi connectivity index (χ3n) is 8.00. The molecule has 0 bridgehead atoms. The van der Waals surface area contributed by atoms with E-state index in [2.05, 4.69) is 10.6 Å². The zero-order valence-electron chi connectivity index (χ0n) is 20.3. The third-order valence-corrected chi connectivity index (χ3v) is 8.00. The molecule has 1 aliphatic heterocycles. The van der Waals surface area contributed by atoms with Crippen molar-refractivity contribution in [3.63, 3.8) is 0 Å². The van der Waals surface area contributed by atoms with Gasteiger partial charge in [0.15, 0.2) is 6.61 Å². The van der Waals surface area contributed by atoms with Gasteiger partial charge in [-0.1, -0.05) is 18.9 Å². The van der Waals surface area contributed by atoms with E-state index in [9.17, 15) is 27.9 Å². The van der Waals surface area contributed by atoms with E-state index in [1.165, 1.54) is 18.9 Å². The molecular formula is C26H29F3N4O4. The number of fused-ring (bicyclic) bond motifs is 3. The van der Waals surface area contributed by atoms with E-state index in [1.807, 2.05) is 4.68 Å². The molecule has 3 N–H and O–H groups in total. The minimum Gasteiger partial charge on any atom is -0.484 e. The van der Waals surface area contributed by atoms with Gasteiger partial charge in [-0.05, 0) is 61.3 Å². The molecule has 6 rings (SSSR count). The average Bonchev–Trinajstić information content (AvgIpc) is 3.76. The molecule has 2 amide bonds. The van der Waals surface area contributed by atoms with Gasteiger partial charge < -0.3 is 20.5 Å². The van der Waals surface area contributed by atoms with Gasteiger partial charge in [0.1, 0.15) is 11.4 Å². The molecule has 0 saturated heterocycles. The Kier molecular flexibility index (Phi) is 5.56. The highest BCUT2D eigenvalue weighted by atomic mass is 19.4. The Morgan fingerprint density at radius 3 is 2.76 bits per heavy atom. The van der Waals surface area contributed by atoms with Crippen LogP contribution < -0.4 is 15.4 Å². The number of carbonyl (C=O) groups is 2. The second-order valence-electron chi connectivity index (χ2n) is 10.9. The zero-order chi connectivity index (χ0) is 26.0. The highest BCUT2D eigenvalue weighted by Gasteiger charge is 2.49. The first-order chi connectivity index (χ1) is 17.6. The molecule has 37 heavy (non-hydrogen) atoms. The lowest BCUT2D eigenvalue weighted by atomic mass is 9.82. The number of benzene rings is 1. The number of ether oxygens (including phenoxy) is 1. The van der Waals surface area contributed by atoms with E-state index in [4.69, 9.17) is 9.84 Å². The number of rotatable bonds is 8. The SMILES string of the molecule is O=C1N[C@@]2(CCc3cc(OCC(F)(F)F)ccc32)Cc2nn(CCC3CC3)c(CNC(=O)C3(O)CC3)c21. The van der Waals surface area contributed by atoms with Crippen LogP contribution in [0.25, 0.3) is 0 Å². The Morgan fingerprint density at radius 1 is 1.27 bits per heavy atom.